The Morgan fingerprint density at radius 2 is 1.95 bits per heavy atom. The van der Waals surface area contributed by atoms with Gasteiger partial charge in [-0.25, -0.2) is 0 Å². The van der Waals surface area contributed by atoms with Crippen LogP contribution in [0.4, 0.5) is 13.2 Å². The molecule has 0 aliphatic heterocycles. The Labute approximate surface area is 118 Å². The Morgan fingerprint density at radius 1 is 1.24 bits per heavy atom. The van der Waals surface area contributed by atoms with Crippen molar-refractivity contribution in [3.05, 3.63) is 36.0 Å². The number of alkyl halides is 3. The van der Waals surface area contributed by atoms with E-state index in [0.717, 1.165) is 12.8 Å². The third kappa shape index (κ3) is 2.67. The zero-order chi connectivity index (χ0) is 15.3. The van der Waals surface area contributed by atoms with Crippen molar-refractivity contribution in [2.24, 2.45) is 0 Å². The van der Waals surface area contributed by atoms with E-state index in [9.17, 15) is 21.6 Å². The van der Waals surface area contributed by atoms with E-state index in [4.69, 9.17) is 0 Å². The number of fused-ring (bicyclic) bond motifs is 1. The lowest BCUT2D eigenvalue weighted by atomic mass is 10.1. The molecule has 0 amide bonds. The summed E-state index contributed by atoms with van der Waals surface area (Å²) >= 11 is 0. The van der Waals surface area contributed by atoms with Gasteiger partial charge < -0.3 is 4.18 Å². The molecule has 21 heavy (non-hydrogen) atoms. The fourth-order valence-corrected chi connectivity index (χ4v) is 2.54. The third-order valence-corrected chi connectivity index (χ3v) is 4.20. The molecule has 1 fully saturated rings. The minimum absolute atomic E-state index is 0.0230. The maximum Gasteiger partial charge on any atom is 0.534 e. The molecule has 0 spiro atoms. The minimum atomic E-state index is -5.67. The number of pyridine rings is 1. The molecule has 0 radical (unpaired) electrons. The molecule has 1 aliphatic rings. The molecule has 112 valence electrons. The van der Waals surface area contributed by atoms with Gasteiger partial charge in [-0.1, -0.05) is 6.07 Å². The summed E-state index contributed by atoms with van der Waals surface area (Å²) in [6.45, 7) is 0. The number of nitrogens with zero attached hydrogens (tertiary/aromatic N) is 1. The summed E-state index contributed by atoms with van der Waals surface area (Å²) in [5.41, 5.74) is -4.40. The average molecular weight is 317 g/mol. The van der Waals surface area contributed by atoms with Crippen molar-refractivity contribution in [3.8, 4) is 5.75 Å². The SMILES string of the molecule is O=S(=O)(Oc1cc2cccnc2cc1C1CC1)C(F)(F)F. The van der Waals surface area contributed by atoms with Crippen LogP contribution in [-0.4, -0.2) is 18.9 Å². The number of halogens is 3. The van der Waals surface area contributed by atoms with Gasteiger partial charge in [-0.2, -0.15) is 21.6 Å². The Hall–Kier alpha value is -1.83. The molecule has 1 saturated carbocycles. The van der Waals surface area contributed by atoms with Gasteiger partial charge in [0.15, 0.2) is 0 Å². The molecule has 0 bridgehead atoms. The zero-order valence-corrected chi connectivity index (χ0v) is 11.4. The summed E-state index contributed by atoms with van der Waals surface area (Å²) < 4.78 is 64.1. The van der Waals surface area contributed by atoms with Crippen LogP contribution >= 0.6 is 0 Å². The quantitative estimate of drug-likeness (QED) is 0.643. The van der Waals surface area contributed by atoms with Crippen molar-refractivity contribution in [2.75, 3.05) is 0 Å². The summed E-state index contributed by atoms with van der Waals surface area (Å²) in [6.07, 6.45) is 3.15. The predicted octanol–water partition coefficient (Wildman–Crippen LogP) is 3.34. The Morgan fingerprint density at radius 3 is 2.57 bits per heavy atom. The molecule has 1 heterocycles. The van der Waals surface area contributed by atoms with E-state index in [1.807, 2.05) is 0 Å². The molecule has 8 heteroatoms. The van der Waals surface area contributed by atoms with Gasteiger partial charge in [-0.15, -0.1) is 0 Å². The number of rotatable bonds is 3. The largest absolute Gasteiger partial charge is 0.534 e. The van der Waals surface area contributed by atoms with Gasteiger partial charge in [0.1, 0.15) is 5.75 Å². The second-order valence-electron chi connectivity index (χ2n) is 4.84. The summed E-state index contributed by atoms with van der Waals surface area (Å²) in [5.74, 6) is -0.245. The summed E-state index contributed by atoms with van der Waals surface area (Å²) in [4.78, 5) is 4.11. The van der Waals surface area contributed by atoms with E-state index in [1.54, 1.807) is 24.4 Å². The first-order chi connectivity index (χ1) is 9.78. The Kier molecular flexibility index (Phi) is 3.09. The lowest BCUT2D eigenvalue weighted by Crippen LogP contribution is -2.28. The fourth-order valence-electron chi connectivity index (χ4n) is 2.07. The molecule has 3 rings (SSSR count). The molecule has 4 nitrogen and oxygen atoms in total. The lowest BCUT2D eigenvalue weighted by molar-refractivity contribution is -0.0500. The number of aromatic nitrogens is 1. The van der Waals surface area contributed by atoms with Crippen molar-refractivity contribution in [3.63, 3.8) is 0 Å². The van der Waals surface area contributed by atoms with Crippen molar-refractivity contribution in [1.29, 1.82) is 0 Å². The van der Waals surface area contributed by atoms with Crippen LogP contribution in [0.2, 0.25) is 0 Å². The monoisotopic (exact) mass is 317 g/mol. The van der Waals surface area contributed by atoms with Crippen LogP contribution in [0.3, 0.4) is 0 Å². The molecule has 0 saturated heterocycles. The highest BCUT2D eigenvalue weighted by Gasteiger charge is 2.49. The maximum atomic E-state index is 12.5. The highest BCUT2D eigenvalue weighted by atomic mass is 32.2. The van der Waals surface area contributed by atoms with Gasteiger partial charge in [0.05, 0.1) is 5.52 Å². The molecular formula is C13H10F3NO3S. The second-order valence-corrected chi connectivity index (χ2v) is 6.38. The third-order valence-electron chi connectivity index (χ3n) is 3.23. The van der Waals surface area contributed by atoms with E-state index in [1.165, 1.54) is 6.07 Å². The molecule has 1 aromatic carbocycles. The number of benzene rings is 1. The average Bonchev–Trinajstić information content (AvgIpc) is 3.20. The molecule has 1 aromatic heterocycles. The van der Waals surface area contributed by atoms with E-state index in [2.05, 4.69) is 9.17 Å². The molecular weight excluding hydrogens is 307 g/mol. The van der Waals surface area contributed by atoms with Crippen LogP contribution in [0.1, 0.15) is 24.3 Å². The first kappa shape index (κ1) is 14.1. The highest BCUT2D eigenvalue weighted by Crippen LogP contribution is 2.46. The standard InChI is InChI=1S/C13H10F3NO3S/c14-13(15,16)21(18,19)20-12-6-9-2-1-5-17-11(9)7-10(12)8-3-4-8/h1-2,5-8H,3-4H2. The van der Waals surface area contributed by atoms with Gasteiger partial charge in [-0.05, 0) is 37.0 Å². The normalized spacial score (nSPS) is 16.1. The zero-order valence-electron chi connectivity index (χ0n) is 10.6. The number of hydrogen-bond donors (Lipinski definition) is 0. The molecule has 0 N–H and O–H groups in total. The van der Waals surface area contributed by atoms with Gasteiger partial charge in [0, 0.05) is 17.1 Å². The maximum absolute atomic E-state index is 12.5. The van der Waals surface area contributed by atoms with Gasteiger partial charge in [0.2, 0.25) is 0 Å². The van der Waals surface area contributed by atoms with E-state index in [0.29, 0.717) is 16.5 Å². The van der Waals surface area contributed by atoms with Crippen LogP contribution < -0.4 is 4.18 Å². The smallest absolute Gasteiger partial charge is 0.376 e. The van der Waals surface area contributed by atoms with Crippen LogP contribution in [0, 0.1) is 0 Å². The minimum Gasteiger partial charge on any atom is -0.376 e. The van der Waals surface area contributed by atoms with Crippen molar-refractivity contribution >= 4 is 21.0 Å². The van der Waals surface area contributed by atoms with Gasteiger partial charge >= 0.3 is 15.6 Å². The van der Waals surface area contributed by atoms with Crippen LogP contribution in [0.25, 0.3) is 10.9 Å². The molecule has 2 aromatic rings. The molecule has 0 unspecified atom stereocenters. The van der Waals surface area contributed by atoms with Crippen LogP contribution in [0.5, 0.6) is 5.75 Å². The van der Waals surface area contributed by atoms with Gasteiger partial charge in [0.25, 0.3) is 0 Å². The number of hydrogen-bond acceptors (Lipinski definition) is 4. The summed E-state index contributed by atoms with van der Waals surface area (Å²) in [5, 5.41) is 0.522. The van der Waals surface area contributed by atoms with Crippen molar-refractivity contribution < 1.29 is 25.8 Å². The topological polar surface area (TPSA) is 56.3 Å². The van der Waals surface area contributed by atoms with Gasteiger partial charge in [-0.3, -0.25) is 4.98 Å². The van der Waals surface area contributed by atoms with E-state index < -0.39 is 15.6 Å². The van der Waals surface area contributed by atoms with Crippen molar-refractivity contribution in [2.45, 2.75) is 24.3 Å². The summed E-state index contributed by atoms with van der Waals surface area (Å²) in [6, 6.07) is 6.13. The first-order valence-corrected chi connectivity index (χ1v) is 7.58. The first-order valence-electron chi connectivity index (χ1n) is 6.17. The summed E-state index contributed by atoms with van der Waals surface area (Å²) in [7, 11) is -5.67. The predicted molar refractivity (Wildman–Crippen MR) is 69.3 cm³/mol. The molecule has 1 aliphatic carbocycles. The molecule has 0 atom stereocenters. The van der Waals surface area contributed by atoms with Crippen LogP contribution in [0.15, 0.2) is 30.5 Å². The fraction of sp³-hybridized carbons (Fsp3) is 0.308. The van der Waals surface area contributed by atoms with E-state index in [-0.39, 0.29) is 11.7 Å². The second kappa shape index (κ2) is 4.59. The van der Waals surface area contributed by atoms with E-state index >= 15 is 0 Å². The highest BCUT2D eigenvalue weighted by molar-refractivity contribution is 7.88. The Balaban J connectivity index is 2.10. The lowest BCUT2D eigenvalue weighted by Gasteiger charge is -2.13. The van der Waals surface area contributed by atoms with Crippen LogP contribution in [-0.2, 0) is 10.1 Å². The van der Waals surface area contributed by atoms with Crippen molar-refractivity contribution in [1.82, 2.24) is 4.98 Å². The Bertz CT molecular complexity index is 798.